The SMILES string of the molecule is N[C@@H](CC1CCCCC1)C(=O)NCC(=O)NCC(=O)OC(=O)c1ccon1. The fraction of sp³-hybridized carbons (Fsp3) is 0.588. The third-order valence-corrected chi connectivity index (χ3v) is 4.36. The molecule has 0 bridgehead atoms. The van der Waals surface area contributed by atoms with Gasteiger partial charge in [-0.1, -0.05) is 37.3 Å². The van der Waals surface area contributed by atoms with Gasteiger partial charge in [-0.15, -0.1) is 0 Å². The van der Waals surface area contributed by atoms with Gasteiger partial charge in [-0.2, -0.15) is 0 Å². The van der Waals surface area contributed by atoms with Crippen LogP contribution >= 0.6 is 0 Å². The van der Waals surface area contributed by atoms with E-state index in [-0.39, 0.29) is 12.2 Å². The molecular formula is C17H24N4O6. The number of rotatable bonds is 8. The number of nitrogens with zero attached hydrogens (tertiary/aromatic N) is 1. The van der Waals surface area contributed by atoms with E-state index in [2.05, 4.69) is 25.1 Å². The summed E-state index contributed by atoms with van der Waals surface area (Å²) in [5, 5.41) is 8.01. The minimum atomic E-state index is -0.981. The maximum absolute atomic E-state index is 12.0. The first-order valence-corrected chi connectivity index (χ1v) is 8.91. The van der Waals surface area contributed by atoms with Gasteiger partial charge < -0.3 is 25.6 Å². The molecule has 1 atom stereocenters. The van der Waals surface area contributed by atoms with Crippen molar-refractivity contribution < 1.29 is 28.4 Å². The highest BCUT2D eigenvalue weighted by molar-refractivity contribution is 5.96. The predicted molar refractivity (Wildman–Crippen MR) is 92.1 cm³/mol. The van der Waals surface area contributed by atoms with Crippen LogP contribution in [0.5, 0.6) is 0 Å². The summed E-state index contributed by atoms with van der Waals surface area (Å²) < 4.78 is 8.93. The van der Waals surface area contributed by atoms with E-state index >= 15 is 0 Å². The van der Waals surface area contributed by atoms with Gasteiger partial charge in [0, 0.05) is 6.07 Å². The molecule has 0 unspecified atom stereocenters. The molecular weight excluding hydrogens is 356 g/mol. The van der Waals surface area contributed by atoms with Gasteiger partial charge >= 0.3 is 11.9 Å². The monoisotopic (exact) mass is 380 g/mol. The zero-order valence-electron chi connectivity index (χ0n) is 14.9. The molecule has 148 valence electrons. The van der Waals surface area contributed by atoms with Gasteiger partial charge in [-0.3, -0.25) is 9.59 Å². The maximum atomic E-state index is 12.0. The molecule has 10 heteroatoms. The maximum Gasteiger partial charge on any atom is 0.368 e. The minimum Gasteiger partial charge on any atom is -0.387 e. The molecule has 0 aliphatic heterocycles. The van der Waals surface area contributed by atoms with E-state index in [1.54, 1.807) is 0 Å². The summed E-state index contributed by atoms with van der Waals surface area (Å²) in [6, 6.07) is 0.575. The molecule has 27 heavy (non-hydrogen) atoms. The Hall–Kier alpha value is -2.75. The summed E-state index contributed by atoms with van der Waals surface area (Å²) in [6.45, 7) is -0.839. The quantitative estimate of drug-likeness (QED) is 0.417. The topological polar surface area (TPSA) is 154 Å². The lowest BCUT2D eigenvalue weighted by Gasteiger charge is -2.24. The van der Waals surface area contributed by atoms with Crippen molar-refractivity contribution in [3.8, 4) is 0 Å². The molecule has 1 aliphatic carbocycles. The molecule has 0 saturated heterocycles. The number of nitrogens with one attached hydrogen (secondary N) is 2. The Morgan fingerprint density at radius 1 is 1.19 bits per heavy atom. The van der Waals surface area contributed by atoms with Gasteiger partial charge in [0.15, 0.2) is 5.69 Å². The average molecular weight is 380 g/mol. The van der Waals surface area contributed by atoms with Crippen LogP contribution in [0.3, 0.4) is 0 Å². The molecule has 2 rings (SSSR count). The smallest absolute Gasteiger partial charge is 0.368 e. The molecule has 0 spiro atoms. The molecule has 1 aromatic heterocycles. The second-order valence-electron chi connectivity index (χ2n) is 6.49. The summed E-state index contributed by atoms with van der Waals surface area (Å²) >= 11 is 0. The Bertz CT molecular complexity index is 654. The van der Waals surface area contributed by atoms with Crippen molar-refractivity contribution in [2.45, 2.75) is 44.6 Å². The predicted octanol–water partition coefficient (Wildman–Crippen LogP) is -0.112. The fourth-order valence-corrected chi connectivity index (χ4v) is 2.93. The highest BCUT2D eigenvalue weighted by Gasteiger charge is 2.22. The average Bonchev–Trinajstić information content (AvgIpc) is 3.20. The Morgan fingerprint density at radius 3 is 2.59 bits per heavy atom. The van der Waals surface area contributed by atoms with Crippen molar-refractivity contribution in [1.29, 1.82) is 0 Å². The van der Waals surface area contributed by atoms with Crippen LogP contribution in [0.4, 0.5) is 0 Å². The van der Waals surface area contributed by atoms with E-state index in [1.165, 1.54) is 12.5 Å². The largest absolute Gasteiger partial charge is 0.387 e. The van der Waals surface area contributed by atoms with E-state index in [0.29, 0.717) is 12.3 Å². The van der Waals surface area contributed by atoms with Gasteiger partial charge in [0.2, 0.25) is 11.8 Å². The van der Waals surface area contributed by atoms with Crippen molar-refractivity contribution in [2.75, 3.05) is 13.1 Å². The van der Waals surface area contributed by atoms with Crippen molar-refractivity contribution in [1.82, 2.24) is 15.8 Å². The van der Waals surface area contributed by atoms with Crippen LogP contribution in [0.2, 0.25) is 0 Å². The minimum absolute atomic E-state index is 0.158. The molecule has 1 aliphatic rings. The first-order chi connectivity index (χ1) is 13.0. The molecule has 0 aromatic carbocycles. The van der Waals surface area contributed by atoms with E-state index in [9.17, 15) is 19.2 Å². The zero-order chi connectivity index (χ0) is 19.6. The summed E-state index contributed by atoms with van der Waals surface area (Å²) in [6.07, 6.45) is 7.47. The van der Waals surface area contributed by atoms with Crippen LogP contribution in [0.25, 0.3) is 0 Å². The van der Waals surface area contributed by atoms with Crippen LogP contribution in [0.1, 0.15) is 49.0 Å². The Balaban J connectivity index is 1.61. The second-order valence-corrected chi connectivity index (χ2v) is 6.49. The molecule has 1 aromatic rings. The highest BCUT2D eigenvalue weighted by atomic mass is 16.6. The molecule has 1 heterocycles. The number of nitrogens with two attached hydrogens (primary N) is 1. The number of ether oxygens (including phenoxy) is 1. The van der Waals surface area contributed by atoms with E-state index in [4.69, 9.17) is 5.73 Å². The van der Waals surface area contributed by atoms with Crippen LogP contribution < -0.4 is 16.4 Å². The molecule has 0 radical (unpaired) electrons. The Labute approximate surface area is 156 Å². The van der Waals surface area contributed by atoms with Gasteiger partial charge in [0.05, 0.1) is 12.6 Å². The van der Waals surface area contributed by atoms with Crippen molar-refractivity contribution in [3.05, 3.63) is 18.0 Å². The summed E-state index contributed by atoms with van der Waals surface area (Å²) in [5.74, 6) is -2.49. The van der Waals surface area contributed by atoms with Crippen LogP contribution in [-0.4, -0.2) is 48.0 Å². The van der Waals surface area contributed by atoms with Gasteiger partial charge in [-0.05, 0) is 12.3 Å². The number of esters is 2. The zero-order valence-corrected chi connectivity index (χ0v) is 14.9. The highest BCUT2D eigenvalue weighted by Crippen LogP contribution is 2.26. The lowest BCUT2D eigenvalue weighted by Crippen LogP contribution is -2.46. The number of carbonyl (C=O) groups excluding carboxylic acids is 4. The van der Waals surface area contributed by atoms with Gasteiger partial charge in [0.25, 0.3) is 0 Å². The van der Waals surface area contributed by atoms with Crippen molar-refractivity contribution in [3.63, 3.8) is 0 Å². The van der Waals surface area contributed by atoms with Crippen molar-refractivity contribution >= 4 is 23.8 Å². The third kappa shape index (κ3) is 7.18. The fourth-order valence-electron chi connectivity index (χ4n) is 2.93. The molecule has 10 nitrogen and oxygen atoms in total. The van der Waals surface area contributed by atoms with Crippen LogP contribution in [0.15, 0.2) is 16.9 Å². The Kier molecular flexibility index (Phi) is 7.93. The molecule has 4 N–H and O–H groups in total. The van der Waals surface area contributed by atoms with E-state index < -0.39 is 36.3 Å². The molecule has 1 saturated carbocycles. The number of hydrogen-bond donors (Lipinski definition) is 3. The van der Waals surface area contributed by atoms with Gasteiger partial charge in [-0.25, -0.2) is 9.59 Å². The normalized spacial score (nSPS) is 15.6. The van der Waals surface area contributed by atoms with E-state index in [0.717, 1.165) is 31.9 Å². The van der Waals surface area contributed by atoms with E-state index in [1.807, 2.05) is 0 Å². The lowest BCUT2D eigenvalue weighted by molar-refractivity contribution is -0.138. The van der Waals surface area contributed by atoms with Crippen LogP contribution in [0, 0.1) is 5.92 Å². The van der Waals surface area contributed by atoms with Gasteiger partial charge in [0.1, 0.15) is 12.8 Å². The first kappa shape index (κ1) is 20.6. The Morgan fingerprint density at radius 2 is 1.93 bits per heavy atom. The number of carbonyl (C=O) groups is 4. The molecule has 2 amide bonds. The molecule has 1 fully saturated rings. The number of amides is 2. The second kappa shape index (κ2) is 10.4. The first-order valence-electron chi connectivity index (χ1n) is 8.91. The van der Waals surface area contributed by atoms with Crippen molar-refractivity contribution in [2.24, 2.45) is 11.7 Å². The standard InChI is InChI=1S/C17H24N4O6/c18-12(8-11-4-2-1-3-5-11)16(24)20-9-14(22)19-10-15(23)27-17(25)13-6-7-26-21-13/h6-7,11-12H,1-5,8-10,18H2,(H,19,22)(H,20,24)/t12-/m0/s1. The summed E-state index contributed by atoms with van der Waals surface area (Å²) in [7, 11) is 0. The number of hydrogen-bond acceptors (Lipinski definition) is 8. The summed E-state index contributed by atoms with van der Waals surface area (Å²) in [4.78, 5) is 46.6. The van der Waals surface area contributed by atoms with Crippen LogP contribution in [-0.2, 0) is 19.1 Å². The third-order valence-electron chi connectivity index (χ3n) is 4.36. The lowest BCUT2D eigenvalue weighted by atomic mass is 9.85. The number of aromatic nitrogens is 1. The summed E-state index contributed by atoms with van der Waals surface area (Å²) in [5.41, 5.74) is 5.73.